The van der Waals surface area contributed by atoms with Crippen LogP contribution in [0.15, 0.2) is 59.8 Å². The van der Waals surface area contributed by atoms with E-state index in [0.717, 1.165) is 22.3 Å². The van der Waals surface area contributed by atoms with Gasteiger partial charge in [0.1, 0.15) is 0 Å². The predicted molar refractivity (Wildman–Crippen MR) is 112 cm³/mol. The highest BCUT2D eigenvalue weighted by Gasteiger charge is 2.35. The van der Waals surface area contributed by atoms with Crippen molar-refractivity contribution >= 4 is 12.0 Å². The standard InChI is InChI=1S/C24H24N2O3/c1-16-13-17(2)15-19(14-16)9-8-12-26-18(3)21(23(27)29-4)22(25-24(26)28)20-10-6-5-7-11-20/h5-7,10-11,13-15,22H,12H2,1-4H3,(H,25,28). The van der Waals surface area contributed by atoms with Crippen molar-refractivity contribution in [1.82, 2.24) is 10.2 Å². The monoisotopic (exact) mass is 388 g/mol. The van der Waals surface area contributed by atoms with E-state index in [1.54, 1.807) is 6.92 Å². The SMILES string of the molecule is COC(=O)C1=C(C)N(CC#Cc2cc(C)cc(C)c2)C(=O)NC1c1ccccc1. The van der Waals surface area contributed by atoms with Gasteiger partial charge in [-0.2, -0.15) is 0 Å². The van der Waals surface area contributed by atoms with E-state index in [1.807, 2.05) is 56.3 Å². The zero-order chi connectivity index (χ0) is 21.0. The van der Waals surface area contributed by atoms with E-state index < -0.39 is 12.0 Å². The van der Waals surface area contributed by atoms with Crippen molar-refractivity contribution in [2.45, 2.75) is 26.8 Å². The van der Waals surface area contributed by atoms with E-state index >= 15 is 0 Å². The molecule has 0 aromatic heterocycles. The molecule has 29 heavy (non-hydrogen) atoms. The molecule has 2 amide bonds. The number of rotatable bonds is 3. The Morgan fingerprint density at radius 3 is 2.38 bits per heavy atom. The maximum Gasteiger partial charge on any atom is 0.337 e. The Morgan fingerprint density at radius 2 is 1.76 bits per heavy atom. The number of allylic oxidation sites excluding steroid dienone is 1. The van der Waals surface area contributed by atoms with Crippen molar-refractivity contribution in [2.75, 3.05) is 13.7 Å². The smallest absolute Gasteiger partial charge is 0.337 e. The van der Waals surface area contributed by atoms with E-state index in [9.17, 15) is 9.59 Å². The molecule has 0 bridgehead atoms. The Morgan fingerprint density at radius 1 is 1.10 bits per heavy atom. The number of ether oxygens (including phenoxy) is 1. The third-order valence-corrected chi connectivity index (χ3v) is 4.83. The van der Waals surface area contributed by atoms with Crippen LogP contribution in [0.2, 0.25) is 0 Å². The average Bonchev–Trinajstić information content (AvgIpc) is 2.69. The molecular weight excluding hydrogens is 364 g/mol. The van der Waals surface area contributed by atoms with Crippen molar-refractivity contribution in [2.24, 2.45) is 0 Å². The number of aryl methyl sites for hydroxylation is 2. The second kappa shape index (κ2) is 8.66. The Hall–Kier alpha value is -3.52. The van der Waals surface area contributed by atoms with E-state index in [-0.39, 0.29) is 12.6 Å². The van der Waals surface area contributed by atoms with Gasteiger partial charge in [-0.15, -0.1) is 0 Å². The Bertz CT molecular complexity index is 1010. The molecule has 0 radical (unpaired) electrons. The van der Waals surface area contributed by atoms with Crippen molar-refractivity contribution in [3.05, 3.63) is 82.1 Å². The van der Waals surface area contributed by atoms with Crippen molar-refractivity contribution in [3.63, 3.8) is 0 Å². The van der Waals surface area contributed by atoms with E-state index in [2.05, 4.69) is 23.2 Å². The molecule has 1 aliphatic rings. The summed E-state index contributed by atoms with van der Waals surface area (Å²) >= 11 is 0. The summed E-state index contributed by atoms with van der Waals surface area (Å²) in [4.78, 5) is 26.7. The highest BCUT2D eigenvalue weighted by atomic mass is 16.5. The third-order valence-electron chi connectivity index (χ3n) is 4.83. The molecule has 1 unspecified atom stereocenters. The minimum Gasteiger partial charge on any atom is -0.466 e. The summed E-state index contributed by atoms with van der Waals surface area (Å²) in [5.74, 6) is 5.68. The van der Waals surface area contributed by atoms with Gasteiger partial charge in [0.25, 0.3) is 0 Å². The number of methoxy groups -OCH3 is 1. The normalized spacial score (nSPS) is 16.1. The number of amides is 2. The lowest BCUT2D eigenvalue weighted by atomic mass is 9.95. The Labute approximate surface area is 171 Å². The second-order valence-corrected chi connectivity index (χ2v) is 7.05. The summed E-state index contributed by atoms with van der Waals surface area (Å²) < 4.78 is 4.98. The van der Waals surface area contributed by atoms with Gasteiger partial charge in [-0.25, -0.2) is 9.59 Å². The van der Waals surface area contributed by atoms with Crippen LogP contribution in [0.25, 0.3) is 0 Å². The molecule has 148 valence electrons. The lowest BCUT2D eigenvalue weighted by Crippen LogP contribution is -2.48. The van der Waals surface area contributed by atoms with Gasteiger partial charge in [0.15, 0.2) is 0 Å². The molecule has 2 aromatic rings. The topological polar surface area (TPSA) is 58.6 Å². The van der Waals surface area contributed by atoms with Crippen molar-refractivity contribution < 1.29 is 14.3 Å². The first-order valence-electron chi connectivity index (χ1n) is 9.40. The summed E-state index contributed by atoms with van der Waals surface area (Å²) in [6.45, 7) is 5.97. The van der Waals surface area contributed by atoms with Crippen LogP contribution < -0.4 is 5.32 Å². The summed E-state index contributed by atoms with van der Waals surface area (Å²) in [6.07, 6.45) is 0. The molecule has 1 N–H and O–H groups in total. The van der Waals surface area contributed by atoms with Gasteiger partial charge in [-0.3, -0.25) is 4.90 Å². The van der Waals surface area contributed by atoms with Crippen LogP contribution >= 0.6 is 0 Å². The summed E-state index contributed by atoms with van der Waals surface area (Å²) in [6, 6.07) is 14.6. The number of carbonyl (C=O) groups excluding carboxylic acids is 2. The van der Waals surface area contributed by atoms with Crippen LogP contribution in [-0.2, 0) is 9.53 Å². The minimum atomic E-state index is -0.556. The molecule has 1 aliphatic heterocycles. The molecule has 3 rings (SSSR count). The zero-order valence-electron chi connectivity index (χ0n) is 17.1. The van der Waals surface area contributed by atoms with Crippen LogP contribution in [0.1, 0.15) is 35.2 Å². The number of urea groups is 1. The number of hydrogen-bond acceptors (Lipinski definition) is 3. The fourth-order valence-corrected chi connectivity index (χ4v) is 3.51. The second-order valence-electron chi connectivity index (χ2n) is 7.05. The van der Waals surface area contributed by atoms with Gasteiger partial charge in [0.2, 0.25) is 0 Å². The van der Waals surface area contributed by atoms with Crippen LogP contribution in [-0.4, -0.2) is 30.6 Å². The summed E-state index contributed by atoms with van der Waals surface area (Å²) in [7, 11) is 1.34. The van der Waals surface area contributed by atoms with Crippen molar-refractivity contribution in [1.29, 1.82) is 0 Å². The van der Waals surface area contributed by atoms with Gasteiger partial charge in [-0.1, -0.05) is 48.2 Å². The van der Waals surface area contributed by atoms with E-state index in [1.165, 1.54) is 12.0 Å². The zero-order valence-corrected chi connectivity index (χ0v) is 17.1. The largest absolute Gasteiger partial charge is 0.466 e. The molecule has 1 heterocycles. The maximum atomic E-state index is 12.8. The number of nitrogens with zero attached hydrogens (tertiary/aromatic N) is 1. The highest BCUT2D eigenvalue weighted by molar-refractivity contribution is 5.95. The molecule has 0 saturated carbocycles. The molecular formula is C24H24N2O3. The summed E-state index contributed by atoms with van der Waals surface area (Å²) in [5.41, 5.74) is 4.95. The molecule has 0 saturated heterocycles. The average molecular weight is 388 g/mol. The lowest BCUT2D eigenvalue weighted by molar-refractivity contribution is -0.136. The van der Waals surface area contributed by atoms with Crippen LogP contribution in [0.4, 0.5) is 4.79 Å². The first-order valence-corrected chi connectivity index (χ1v) is 9.40. The van der Waals surface area contributed by atoms with Crippen LogP contribution in [0.5, 0.6) is 0 Å². The molecule has 5 heteroatoms. The van der Waals surface area contributed by atoms with E-state index in [4.69, 9.17) is 4.74 Å². The van der Waals surface area contributed by atoms with Gasteiger partial charge in [0.05, 0.1) is 25.3 Å². The number of nitrogens with one attached hydrogen (secondary N) is 1. The Balaban J connectivity index is 1.92. The third kappa shape index (κ3) is 4.49. The molecule has 1 atom stereocenters. The van der Waals surface area contributed by atoms with Crippen molar-refractivity contribution in [3.8, 4) is 11.8 Å². The number of esters is 1. The number of hydrogen-bond donors (Lipinski definition) is 1. The Kier molecular flexibility index (Phi) is 6.04. The number of benzene rings is 2. The maximum absolute atomic E-state index is 12.8. The fraction of sp³-hybridized carbons (Fsp3) is 0.250. The van der Waals surface area contributed by atoms with Gasteiger partial charge < -0.3 is 10.1 Å². The molecule has 5 nitrogen and oxygen atoms in total. The molecule has 0 fully saturated rings. The first kappa shape index (κ1) is 20.2. The highest BCUT2D eigenvalue weighted by Crippen LogP contribution is 2.30. The minimum absolute atomic E-state index is 0.173. The predicted octanol–water partition coefficient (Wildman–Crippen LogP) is 3.87. The lowest BCUT2D eigenvalue weighted by Gasteiger charge is -2.34. The summed E-state index contributed by atoms with van der Waals surface area (Å²) in [5, 5.41) is 2.91. The molecule has 0 aliphatic carbocycles. The molecule has 0 spiro atoms. The van der Waals surface area contributed by atoms with Gasteiger partial charge >= 0.3 is 12.0 Å². The van der Waals surface area contributed by atoms with Crippen LogP contribution in [0, 0.1) is 25.7 Å². The fourth-order valence-electron chi connectivity index (χ4n) is 3.51. The van der Waals surface area contributed by atoms with E-state index in [0.29, 0.717) is 11.3 Å². The van der Waals surface area contributed by atoms with Gasteiger partial charge in [-0.05, 0) is 49.6 Å². The van der Waals surface area contributed by atoms with Gasteiger partial charge in [0, 0.05) is 11.3 Å². The number of carbonyl (C=O) groups is 2. The first-order chi connectivity index (χ1) is 13.9. The quantitative estimate of drug-likeness (QED) is 0.641. The molecule has 2 aromatic carbocycles. The van der Waals surface area contributed by atoms with Crippen LogP contribution in [0.3, 0.4) is 0 Å².